The van der Waals surface area contributed by atoms with Crippen LogP contribution in [0, 0.1) is 6.92 Å². The van der Waals surface area contributed by atoms with Gasteiger partial charge in [0, 0.05) is 10.9 Å². The van der Waals surface area contributed by atoms with Crippen LogP contribution in [-0.2, 0) is 4.74 Å². The summed E-state index contributed by atoms with van der Waals surface area (Å²) >= 11 is 0. The van der Waals surface area contributed by atoms with Crippen molar-refractivity contribution >= 4 is 17.0 Å². The van der Waals surface area contributed by atoms with E-state index in [2.05, 4.69) is 10.6 Å². The lowest BCUT2D eigenvalue weighted by atomic mass is 10.0. The maximum Gasteiger partial charge on any atom is 0.315 e. The van der Waals surface area contributed by atoms with Crippen LogP contribution in [0.1, 0.15) is 31.2 Å². The number of hydrogen-bond acceptors (Lipinski definition) is 3. The van der Waals surface area contributed by atoms with Gasteiger partial charge in [-0.2, -0.15) is 0 Å². The molecule has 1 fully saturated rings. The molecule has 0 unspecified atom stereocenters. The van der Waals surface area contributed by atoms with Crippen molar-refractivity contribution in [3.8, 4) is 0 Å². The second-order valence-electron chi connectivity index (χ2n) is 5.96. The molecule has 1 aromatic heterocycles. The Morgan fingerprint density at radius 2 is 2.05 bits per heavy atom. The van der Waals surface area contributed by atoms with E-state index < -0.39 is 0 Å². The van der Waals surface area contributed by atoms with Crippen LogP contribution in [0.4, 0.5) is 4.79 Å². The molecular formula is C16H20N2O3. The second-order valence-corrected chi connectivity index (χ2v) is 5.96. The fourth-order valence-electron chi connectivity index (χ4n) is 2.66. The van der Waals surface area contributed by atoms with Crippen LogP contribution >= 0.6 is 0 Å². The average Bonchev–Trinajstić information content (AvgIpc) is 2.75. The Labute approximate surface area is 123 Å². The predicted octanol–water partition coefficient (Wildman–Crippen LogP) is 2.89. The standard InChI is InChI=1S/C16H20N2O3/c1-10-12-6-4-5-7-13(12)21-14(10)11(2)17-15(19)18-16(3)8-20-9-16/h4-7,11H,8-9H2,1-3H3,(H2,17,18,19)/t11-/m0/s1. The number of carbonyl (C=O) groups is 1. The van der Waals surface area contributed by atoms with Gasteiger partial charge in [0.1, 0.15) is 11.3 Å². The molecule has 3 rings (SSSR count). The molecular weight excluding hydrogens is 268 g/mol. The molecule has 1 aromatic carbocycles. The van der Waals surface area contributed by atoms with Gasteiger partial charge in [0.05, 0.1) is 24.8 Å². The van der Waals surface area contributed by atoms with Crippen LogP contribution in [0.3, 0.4) is 0 Å². The second kappa shape index (κ2) is 5.07. The first-order chi connectivity index (χ1) is 9.98. The normalized spacial score (nSPS) is 18.0. The molecule has 2 aromatic rings. The van der Waals surface area contributed by atoms with E-state index in [1.165, 1.54) is 0 Å². The number of furan rings is 1. The zero-order valence-electron chi connectivity index (χ0n) is 12.5. The summed E-state index contributed by atoms with van der Waals surface area (Å²) in [7, 11) is 0. The number of hydrogen-bond donors (Lipinski definition) is 2. The van der Waals surface area contributed by atoms with Gasteiger partial charge in [-0.25, -0.2) is 4.79 Å². The Morgan fingerprint density at radius 1 is 1.33 bits per heavy atom. The molecule has 0 aliphatic carbocycles. The predicted molar refractivity (Wildman–Crippen MR) is 80.3 cm³/mol. The van der Waals surface area contributed by atoms with E-state index in [-0.39, 0.29) is 17.6 Å². The van der Waals surface area contributed by atoms with Crippen molar-refractivity contribution in [3.63, 3.8) is 0 Å². The smallest absolute Gasteiger partial charge is 0.315 e. The molecule has 1 aliphatic rings. The number of para-hydroxylation sites is 1. The van der Waals surface area contributed by atoms with Crippen molar-refractivity contribution in [1.82, 2.24) is 10.6 Å². The van der Waals surface area contributed by atoms with Crippen LogP contribution in [0.15, 0.2) is 28.7 Å². The molecule has 21 heavy (non-hydrogen) atoms. The number of carbonyl (C=O) groups excluding carboxylic acids is 1. The number of ether oxygens (including phenoxy) is 1. The SMILES string of the molecule is Cc1c([C@H](C)NC(=O)NC2(C)COC2)oc2ccccc12. The molecule has 0 bridgehead atoms. The highest BCUT2D eigenvalue weighted by molar-refractivity contribution is 5.82. The average molecular weight is 288 g/mol. The van der Waals surface area contributed by atoms with E-state index in [1.807, 2.05) is 45.0 Å². The van der Waals surface area contributed by atoms with Crippen molar-refractivity contribution in [3.05, 3.63) is 35.6 Å². The van der Waals surface area contributed by atoms with Gasteiger partial charge in [-0.1, -0.05) is 18.2 Å². The summed E-state index contributed by atoms with van der Waals surface area (Å²) in [4.78, 5) is 12.0. The molecule has 5 nitrogen and oxygen atoms in total. The number of nitrogens with one attached hydrogen (secondary N) is 2. The maximum absolute atomic E-state index is 12.0. The van der Waals surface area contributed by atoms with Gasteiger partial charge < -0.3 is 19.8 Å². The lowest BCUT2D eigenvalue weighted by Crippen LogP contribution is -2.61. The first-order valence-electron chi connectivity index (χ1n) is 7.13. The topological polar surface area (TPSA) is 63.5 Å². The van der Waals surface area contributed by atoms with Gasteiger partial charge in [0.25, 0.3) is 0 Å². The van der Waals surface area contributed by atoms with Gasteiger partial charge >= 0.3 is 6.03 Å². The summed E-state index contributed by atoms with van der Waals surface area (Å²) in [5, 5.41) is 6.94. The lowest BCUT2D eigenvalue weighted by molar-refractivity contribution is -0.0575. The van der Waals surface area contributed by atoms with E-state index >= 15 is 0 Å². The number of amides is 2. The third kappa shape index (κ3) is 2.61. The molecule has 2 amide bonds. The molecule has 1 saturated heterocycles. The minimum atomic E-state index is -0.257. The minimum absolute atomic E-state index is 0.193. The Bertz CT molecular complexity index is 673. The van der Waals surface area contributed by atoms with Crippen LogP contribution in [0.5, 0.6) is 0 Å². The largest absolute Gasteiger partial charge is 0.459 e. The Balaban J connectivity index is 1.73. The van der Waals surface area contributed by atoms with E-state index in [0.29, 0.717) is 13.2 Å². The number of urea groups is 1. The van der Waals surface area contributed by atoms with E-state index in [4.69, 9.17) is 9.15 Å². The summed E-state index contributed by atoms with van der Waals surface area (Å²) in [6, 6.07) is 7.49. The Hall–Kier alpha value is -2.01. The number of rotatable bonds is 3. The lowest BCUT2D eigenvalue weighted by Gasteiger charge is -2.38. The summed E-state index contributed by atoms with van der Waals surface area (Å²) < 4.78 is 11.0. The summed E-state index contributed by atoms with van der Waals surface area (Å²) in [6.07, 6.45) is 0. The Kier molecular flexibility index (Phi) is 3.37. The number of aryl methyl sites for hydroxylation is 1. The molecule has 5 heteroatoms. The van der Waals surface area contributed by atoms with Crippen LogP contribution in [0.25, 0.3) is 11.0 Å². The maximum atomic E-state index is 12.0. The first-order valence-corrected chi connectivity index (χ1v) is 7.13. The third-order valence-corrected chi connectivity index (χ3v) is 3.88. The van der Waals surface area contributed by atoms with Gasteiger partial charge in [-0.15, -0.1) is 0 Å². The highest BCUT2D eigenvalue weighted by Gasteiger charge is 2.35. The van der Waals surface area contributed by atoms with E-state index in [0.717, 1.165) is 22.3 Å². The van der Waals surface area contributed by atoms with Gasteiger partial charge in [0.2, 0.25) is 0 Å². The molecule has 2 N–H and O–H groups in total. The van der Waals surface area contributed by atoms with Crippen molar-refractivity contribution < 1.29 is 13.9 Å². The zero-order chi connectivity index (χ0) is 15.0. The van der Waals surface area contributed by atoms with Crippen molar-refractivity contribution in [2.45, 2.75) is 32.4 Å². The fourth-order valence-corrected chi connectivity index (χ4v) is 2.66. The van der Waals surface area contributed by atoms with Gasteiger partial charge in [0.15, 0.2) is 0 Å². The molecule has 1 atom stereocenters. The van der Waals surface area contributed by atoms with Crippen LogP contribution in [0.2, 0.25) is 0 Å². The third-order valence-electron chi connectivity index (χ3n) is 3.88. The number of fused-ring (bicyclic) bond motifs is 1. The Morgan fingerprint density at radius 3 is 2.67 bits per heavy atom. The molecule has 0 radical (unpaired) electrons. The van der Waals surface area contributed by atoms with Gasteiger partial charge in [-0.05, 0) is 26.8 Å². The zero-order valence-corrected chi connectivity index (χ0v) is 12.5. The quantitative estimate of drug-likeness (QED) is 0.912. The molecule has 112 valence electrons. The van der Waals surface area contributed by atoms with Crippen LogP contribution in [-0.4, -0.2) is 24.8 Å². The molecule has 1 aliphatic heterocycles. The number of benzene rings is 1. The highest BCUT2D eigenvalue weighted by atomic mass is 16.5. The fraction of sp³-hybridized carbons (Fsp3) is 0.438. The summed E-state index contributed by atoms with van der Waals surface area (Å²) in [5.41, 5.74) is 1.65. The first kappa shape index (κ1) is 13.9. The van der Waals surface area contributed by atoms with E-state index in [1.54, 1.807) is 0 Å². The molecule has 0 saturated carbocycles. The monoisotopic (exact) mass is 288 g/mol. The molecule has 0 spiro atoms. The molecule has 2 heterocycles. The minimum Gasteiger partial charge on any atom is -0.459 e. The van der Waals surface area contributed by atoms with E-state index in [9.17, 15) is 4.79 Å². The highest BCUT2D eigenvalue weighted by Crippen LogP contribution is 2.29. The summed E-state index contributed by atoms with van der Waals surface area (Å²) in [5.74, 6) is 0.793. The van der Waals surface area contributed by atoms with Crippen molar-refractivity contribution in [2.75, 3.05) is 13.2 Å². The van der Waals surface area contributed by atoms with Crippen LogP contribution < -0.4 is 10.6 Å². The van der Waals surface area contributed by atoms with Gasteiger partial charge in [-0.3, -0.25) is 0 Å². The van der Waals surface area contributed by atoms with Crippen molar-refractivity contribution in [2.24, 2.45) is 0 Å². The summed E-state index contributed by atoms with van der Waals surface area (Å²) in [6.45, 7) is 7.01. The van der Waals surface area contributed by atoms with Crippen molar-refractivity contribution in [1.29, 1.82) is 0 Å².